The zero-order valence-electron chi connectivity index (χ0n) is 38.1. The van der Waals surface area contributed by atoms with Crippen molar-refractivity contribution in [2.75, 3.05) is 109 Å². The molecule has 0 rings (SSSR count). The second-order valence-electron chi connectivity index (χ2n) is 13.4. The highest BCUT2D eigenvalue weighted by atomic mass is 19.4. The van der Waals surface area contributed by atoms with Crippen LogP contribution < -0.4 is 0 Å². The summed E-state index contributed by atoms with van der Waals surface area (Å²) in [4.78, 5) is 0. The smallest absolute Gasteiger partial charge is 0.385 e. The van der Waals surface area contributed by atoms with Crippen molar-refractivity contribution in [3.8, 4) is 0 Å². The molecule has 0 saturated heterocycles. The van der Waals surface area contributed by atoms with Gasteiger partial charge in [-0.1, -0.05) is 109 Å². The summed E-state index contributed by atoms with van der Waals surface area (Å²) >= 11 is 0. The van der Waals surface area contributed by atoms with Crippen molar-refractivity contribution in [2.24, 2.45) is 16.2 Å². The van der Waals surface area contributed by atoms with Crippen molar-refractivity contribution in [1.82, 2.24) is 0 Å². The molecule has 0 N–H and O–H groups in total. The SMILES string of the molecule is CC.CC.CCC(C)(COC)COCC(F)(F)F.CCCCCOC.CCCCCOC.CCOCC(C)(CC)COC.COCC(C)(C)COC. The van der Waals surface area contributed by atoms with Crippen LogP contribution in [0, 0.1) is 16.2 Å². The van der Waals surface area contributed by atoms with Gasteiger partial charge in [-0.25, -0.2) is 0 Å². The molecule has 0 fully saturated rings. The lowest BCUT2D eigenvalue weighted by atomic mass is 9.90. The quantitative estimate of drug-likeness (QED) is 0.0899. The Morgan fingerprint density at radius 3 is 0.962 bits per heavy atom. The van der Waals surface area contributed by atoms with Crippen LogP contribution >= 0.6 is 0 Å². The van der Waals surface area contributed by atoms with E-state index in [1.165, 1.54) is 45.6 Å². The van der Waals surface area contributed by atoms with E-state index in [4.69, 9.17) is 33.2 Å². The number of alkyl halides is 3. The topological polar surface area (TPSA) is 73.8 Å². The van der Waals surface area contributed by atoms with Crippen molar-refractivity contribution in [3.63, 3.8) is 0 Å². The van der Waals surface area contributed by atoms with Gasteiger partial charge in [0.15, 0.2) is 0 Å². The highest BCUT2D eigenvalue weighted by Gasteiger charge is 2.30. The van der Waals surface area contributed by atoms with Crippen LogP contribution in [0.4, 0.5) is 13.2 Å². The van der Waals surface area contributed by atoms with Gasteiger partial charge < -0.3 is 37.9 Å². The van der Waals surface area contributed by atoms with E-state index in [9.17, 15) is 13.2 Å². The third-order valence-electron chi connectivity index (χ3n) is 7.04. The molecule has 0 spiro atoms. The van der Waals surface area contributed by atoms with Crippen LogP contribution in [-0.2, 0) is 37.9 Å². The van der Waals surface area contributed by atoms with Crippen molar-refractivity contribution in [3.05, 3.63) is 0 Å². The number of halogens is 3. The molecule has 0 aromatic heterocycles. The molecule has 8 nitrogen and oxygen atoms in total. The molecule has 2 atom stereocenters. The van der Waals surface area contributed by atoms with E-state index < -0.39 is 12.8 Å². The van der Waals surface area contributed by atoms with E-state index in [1.807, 2.05) is 48.5 Å². The fraction of sp³-hybridized carbons (Fsp3) is 1.00. The molecule has 0 aromatic carbocycles. The summed E-state index contributed by atoms with van der Waals surface area (Å²) in [5, 5.41) is 0. The Balaban J connectivity index is -0.0000000971. The predicted octanol–water partition coefficient (Wildman–Crippen LogP) is 11.7. The van der Waals surface area contributed by atoms with Crippen molar-refractivity contribution in [1.29, 1.82) is 0 Å². The van der Waals surface area contributed by atoms with Crippen LogP contribution in [0.5, 0.6) is 0 Å². The third-order valence-corrected chi connectivity index (χ3v) is 7.04. The monoisotopic (exact) mass is 771 g/mol. The molecule has 0 aliphatic heterocycles. The molecule has 0 aliphatic carbocycles. The van der Waals surface area contributed by atoms with E-state index >= 15 is 0 Å². The maximum Gasteiger partial charge on any atom is 0.411 e. The van der Waals surface area contributed by atoms with Gasteiger partial charge in [-0.05, 0) is 32.6 Å². The third kappa shape index (κ3) is 64.4. The Morgan fingerprint density at radius 1 is 0.404 bits per heavy atom. The van der Waals surface area contributed by atoms with Gasteiger partial charge in [0.2, 0.25) is 0 Å². The van der Waals surface area contributed by atoms with Gasteiger partial charge in [-0.3, -0.25) is 0 Å². The van der Waals surface area contributed by atoms with E-state index in [2.05, 4.69) is 46.3 Å². The van der Waals surface area contributed by atoms with E-state index in [1.54, 1.807) is 35.5 Å². The molecule has 52 heavy (non-hydrogen) atoms. The number of methoxy groups -OCH3 is 6. The summed E-state index contributed by atoms with van der Waals surface area (Å²) in [6, 6.07) is 0. The fourth-order valence-corrected chi connectivity index (χ4v) is 3.77. The van der Waals surface area contributed by atoms with Crippen molar-refractivity contribution >= 4 is 0 Å². The summed E-state index contributed by atoms with van der Waals surface area (Å²) in [5.41, 5.74) is 0.0221. The van der Waals surface area contributed by atoms with Gasteiger partial charge in [0.05, 0.1) is 39.6 Å². The number of ether oxygens (including phenoxy) is 8. The van der Waals surface area contributed by atoms with Crippen LogP contribution in [0.2, 0.25) is 0 Å². The van der Waals surface area contributed by atoms with Gasteiger partial charge in [-0.2, -0.15) is 13.2 Å². The molecule has 0 heterocycles. The molecule has 326 valence electrons. The normalized spacial score (nSPS) is 12.8. The minimum absolute atomic E-state index is 0.0663. The first-order valence-electron chi connectivity index (χ1n) is 19.6. The standard InChI is InChI=1S/C9H17F3O2.C9H20O2.C7H16O2.2C6H14O.2C2H6/c1-4-8(2,5-13-3)6-14-7-9(10,11)12;1-5-9(3,7-10-4)8-11-6-2;1-7(2,5-8-3)6-9-4;2*1-3-4-5-6-7-2;2*1-2/h4-7H2,1-3H3;5-8H2,1-4H3;5-6H2,1-4H3;2*3-6H2,1-2H3;2*1-2H3. The molecule has 2 unspecified atom stereocenters. The second kappa shape index (κ2) is 50.5. The van der Waals surface area contributed by atoms with Gasteiger partial charge in [0.25, 0.3) is 0 Å². The Kier molecular flexibility index (Phi) is 64.3. The van der Waals surface area contributed by atoms with Gasteiger partial charge in [0, 0.05) is 78.7 Å². The van der Waals surface area contributed by atoms with Crippen molar-refractivity contribution < 1.29 is 51.1 Å². The number of hydrogen-bond donors (Lipinski definition) is 0. The van der Waals surface area contributed by atoms with E-state index in [0.717, 1.165) is 59.1 Å². The first kappa shape index (κ1) is 66.3. The predicted molar refractivity (Wildman–Crippen MR) is 217 cm³/mol. The summed E-state index contributed by atoms with van der Waals surface area (Å²) in [7, 11) is 10.2. The minimum atomic E-state index is -4.25. The first-order valence-corrected chi connectivity index (χ1v) is 19.6. The molecule has 0 radical (unpaired) electrons. The molecule has 0 aliphatic rings. The van der Waals surface area contributed by atoms with Crippen LogP contribution in [-0.4, -0.2) is 115 Å². The second-order valence-corrected chi connectivity index (χ2v) is 13.4. The maximum atomic E-state index is 11.8. The van der Waals surface area contributed by atoms with E-state index in [-0.39, 0.29) is 22.9 Å². The highest BCUT2D eigenvalue weighted by molar-refractivity contribution is 4.72. The summed E-state index contributed by atoms with van der Waals surface area (Å²) in [6.07, 6.45) is 5.16. The number of hydrogen-bond acceptors (Lipinski definition) is 8. The van der Waals surface area contributed by atoms with Crippen LogP contribution in [0.15, 0.2) is 0 Å². The molecule has 0 aromatic rings. The largest absolute Gasteiger partial charge is 0.411 e. The van der Waals surface area contributed by atoms with Crippen LogP contribution in [0.1, 0.15) is 141 Å². The average Bonchev–Trinajstić information content (AvgIpc) is 3.10. The molecular formula is C41H93F3O8. The zero-order valence-corrected chi connectivity index (χ0v) is 38.1. The fourth-order valence-electron chi connectivity index (χ4n) is 3.77. The maximum absolute atomic E-state index is 11.8. The van der Waals surface area contributed by atoms with Crippen LogP contribution in [0.25, 0.3) is 0 Å². The summed E-state index contributed by atoms with van der Waals surface area (Å²) < 4.78 is 74.9. The first-order chi connectivity index (χ1) is 24.5. The van der Waals surface area contributed by atoms with E-state index in [0.29, 0.717) is 6.61 Å². The minimum Gasteiger partial charge on any atom is -0.385 e. The highest BCUT2D eigenvalue weighted by Crippen LogP contribution is 2.24. The molecule has 0 amide bonds. The Hall–Kier alpha value is -0.530. The Bertz CT molecular complexity index is 573. The summed E-state index contributed by atoms with van der Waals surface area (Å²) in [6.45, 7) is 31.7. The van der Waals surface area contributed by atoms with Crippen molar-refractivity contribution in [2.45, 2.75) is 148 Å². The number of unbranched alkanes of at least 4 members (excludes halogenated alkanes) is 4. The molecule has 0 bridgehead atoms. The van der Waals surface area contributed by atoms with Crippen LogP contribution in [0.3, 0.4) is 0 Å². The van der Waals surface area contributed by atoms with Gasteiger partial charge in [0.1, 0.15) is 6.61 Å². The Labute approximate surface area is 323 Å². The average molecular weight is 771 g/mol. The lowest BCUT2D eigenvalue weighted by Crippen LogP contribution is -2.30. The zero-order chi connectivity index (χ0) is 42.4. The molecule has 0 saturated carbocycles. The summed E-state index contributed by atoms with van der Waals surface area (Å²) in [5.74, 6) is 0. The molecular weight excluding hydrogens is 677 g/mol. The number of rotatable bonds is 24. The molecule has 11 heteroatoms. The Morgan fingerprint density at radius 2 is 0.731 bits per heavy atom. The van der Waals surface area contributed by atoms with Gasteiger partial charge in [-0.15, -0.1) is 0 Å². The van der Waals surface area contributed by atoms with Gasteiger partial charge >= 0.3 is 6.18 Å². The lowest BCUT2D eigenvalue weighted by Gasteiger charge is -2.27. The lowest BCUT2D eigenvalue weighted by molar-refractivity contribution is -0.182.